The molecule has 0 saturated heterocycles. The van der Waals surface area contributed by atoms with E-state index in [1.54, 1.807) is 6.20 Å². The first-order valence-electron chi connectivity index (χ1n) is 5.11. The van der Waals surface area contributed by atoms with Crippen molar-refractivity contribution in [3.63, 3.8) is 0 Å². The van der Waals surface area contributed by atoms with Crippen molar-refractivity contribution < 1.29 is 0 Å². The zero-order valence-electron chi connectivity index (χ0n) is 8.49. The van der Waals surface area contributed by atoms with Crippen molar-refractivity contribution in [1.82, 2.24) is 15.5 Å². The highest BCUT2D eigenvalue weighted by atomic mass is 35.5. The Balaban J connectivity index is 0.000000980. The molecule has 3 nitrogen and oxygen atoms in total. The maximum absolute atomic E-state index is 3.91. The summed E-state index contributed by atoms with van der Waals surface area (Å²) >= 11 is 0. The lowest BCUT2D eigenvalue weighted by molar-refractivity contribution is 0.593. The third-order valence-corrected chi connectivity index (χ3v) is 2.70. The van der Waals surface area contributed by atoms with E-state index < -0.39 is 0 Å². The van der Waals surface area contributed by atoms with Gasteiger partial charge in [-0.2, -0.15) is 5.10 Å². The lowest BCUT2D eigenvalue weighted by Gasteiger charge is -2.00. The molecule has 1 aliphatic rings. The number of hydrogen-bond donors (Lipinski definition) is 2. The molecule has 1 heterocycles. The minimum Gasteiger partial charge on any atom is -0.308 e. The highest BCUT2D eigenvalue weighted by molar-refractivity contribution is 5.85. The predicted octanol–water partition coefficient (Wildman–Crippen LogP) is 2.11. The van der Waals surface area contributed by atoms with Crippen molar-refractivity contribution in [2.45, 2.75) is 38.8 Å². The summed E-state index contributed by atoms with van der Waals surface area (Å²) < 4.78 is 0. The van der Waals surface area contributed by atoms with Gasteiger partial charge >= 0.3 is 0 Å². The van der Waals surface area contributed by atoms with Crippen molar-refractivity contribution in [2.24, 2.45) is 5.92 Å². The molecule has 2 N–H and O–H groups in total. The minimum absolute atomic E-state index is 0. The van der Waals surface area contributed by atoms with Gasteiger partial charge in [-0.25, -0.2) is 0 Å². The van der Waals surface area contributed by atoms with E-state index >= 15 is 0 Å². The van der Waals surface area contributed by atoms with Crippen LogP contribution in [0.4, 0.5) is 0 Å². The number of aromatic amines is 1. The Morgan fingerprint density at radius 3 is 3.14 bits per heavy atom. The average molecular weight is 216 g/mol. The van der Waals surface area contributed by atoms with E-state index in [-0.39, 0.29) is 12.4 Å². The maximum atomic E-state index is 3.91. The van der Waals surface area contributed by atoms with Gasteiger partial charge in [-0.15, -0.1) is 12.4 Å². The van der Waals surface area contributed by atoms with Gasteiger partial charge in [0.15, 0.2) is 0 Å². The van der Waals surface area contributed by atoms with Gasteiger partial charge in [-0.3, -0.25) is 5.10 Å². The lowest BCUT2D eigenvalue weighted by atomic mass is 10.2. The topological polar surface area (TPSA) is 40.7 Å². The Bertz CT molecular complexity index is 248. The van der Waals surface area contributed by atoms with Crippen LogP contribution in [-0.4, -0.2) is 16.2 Å². The zero-order chi connectivity index (χ0) is 9.10. The van der Waals surface area contributed by atoms with Crippen LogP contribution < -0.4 is 5.32 Å². The van der Waals surface area contributed by atoms with Crippen LogP contribution in [0.3, 0.4) is 0 Å². The Morgan fingerprint density at radius 1 is 1.64 bits per heavy atom. The third kappa shape index (κ3) is 3.00. The van der Waals surface area contributed by atoms with Crippen molar-refractivity contribution in [1.29, 1.82) is 0 Å². The van der Waals surface area contributed by atoms with Crippen LogP contribution in [0, 0.1) is 5.92 Å². The summed E-state index contributed by atoms with van der Waals surface area (Å²) in [5.41, 5.74) is 1.18. The Hall–Kier alpha value is -0.540. The number of nitrogens with one attached hydrogen (secondary N) is 2. The summed E-state index contributed by atoms with van der Waals surface area (Å²) in [5.74, 6) is 0.938. The summed E-state index contributed by atoms with van der Waals surface area (Å²) in [4.78, 5) is 0. The molecular weight excluding hydrogens is 198 g/mol. The number of nitrogens with zero attached hydrogens (tertiary/aromatic N) is 1. The molecule has 0 aliphatic heterocycles. The molecule has 1 aromatic heterocycles. The Kier molecular flexibility index (Phi) is 4.42. The van der Waals surface area contributed by atoms with Crippen LogP contribution in [-0.2, 0) is 6.54 Å². The van der Waals surface area contributed by atoms with Crippen LogP contribution in [0.25, 0.3) is 0 Å². The molecule has 2 rings (SSSR count). The second-order valence-electron chi connectivity index (χ2n) is 3.85. The summed E-state index contributed by atoms with van der Waals surface area (Å²) in [5, 5.41) is 10.4. The molecular formula is C10H18ClN3. The molecule has 1 saturated carbocycles. The number of rotatable bonds is 5. The van der Waals surface area contributed by atoms with Crippen molar-refractivity contribution in [3.05, 3.63) is 18.0 Å². The van der Waals surface area contributed by atoms with E-state index in [1.807, 2.05) is 6.07 Å². The van der Waals surface area contributed by atoms with Gasteiger partial charge in [0.2, 0.25) is 0 Å². The first-order chi connectivity index (χ1) is 6.40. The van der Waals surface area contributed by atoms with Crippen molar-refractivity contribution in [2.75, 3.05) is 0 Å². The molecule has 0 amide bonds. The van der Waals surface area contributed by atoms with Gasteiger partial charge in [0, 0.05) is 24.5 Å². The second-order valence-corrected chi connectivity index (χ2v) is 3.85. The molecule has 1 aromatic rings. The smallest absolute Gasteiger partial charge is 0.0490 e. The molecule has 1 fully saturated rings. The SMILES string of the molecule is CCCC1CC1NCc1ccn[nH]1.Cl. The molecule has 0 aromatic carbocycles. The second kappa shape index (κ2) is 5.37. The van der Waals surface area contributed by atoms with E-state index in [0.29, 0.717) is 0 Å². The number of aromatic nitrogens is 2. The zero-order valence-corrected chi connectivity index (χ0v) is 9.31. The number of hydrogen-bond acceptors (Lipinski definition) is 2. The molecule has 14 heavy (non-hydrogen) atoms. The largest absolute Gasteiger partial charge is 0.308 e. The van der Waals surface area contributed by atoms with Crippen LogP contribution in [0.5, 0.6) is 0 Å². The van der Waals surface area contributed by atoms with E-state index in [9.17, 15) is 0 Å². The van der Waals surface area contributed by atoms with Crippen LogP contribution in [0.2, 0.25) is 0 Å². The van der Waals surface area contributed by atoms with Crippen LogP contribution in [0.15, 0.2) is 12.3 Å². The van der Waals surface area contributed by atoms with Crippen molar-refractivity contribution >= 4 is 12.4 Å². The van der Waals surface area contributed by atoms with E-state index in [0.717, 1.165) is 18.5 Å². The summed E-state index contributed by atoms with van der Waals surface area (Å²) in [7, 11) is 0. The van der Waals surface area contributed by atoms with Gasteiger partial charge in [0.1, 0.15) is 0 Å². The van der Waals surface area contributed by atoms with Crippen molar-refractivity contribution in [3.8, 4) is 0 Å². The van der Waals surface area contributed by atoms with E-state index in [1.165, 1.54) is 25.0 Å². The minimum atomic E-state index is 0. The number of halogens is 1. The quantitative estimate of drug-likeness (QED) is 0.790. The first kappa shape index (κ1) is 11.5. The molecule has 2 unspecified atom stereocenters. The monoisotopic (exact) mass is 215 g/mol. The highest BCUT2D eigenvalue weighted by Crippen LogP contribution is 2.34. The molecule has 0 bridgehead atoms. The van der Waals surface area contributed by atoms with E-state index in [4.69, 9.17) is 0 Å². The molecule has 0 spiro atoms. The van der Waals surface area contributed by atoms with E-state index in [2.05, 4.69) is 22.4 Å². The molecule has 1 aliphatic carbocycles. The summed E-state index contributed by atoms with van der Waals surface area (Å²) in [6.45, 7) is 3.19. The lowest BCUT2D eigenvalue weighted by Crippen LogP contribution is -2.17. The Labute approximate surface area is 91.1 Å². The maximum Gasteiger partial charge on any atom is 0.0490 e. The first-order valence-corrected chi connectivity index (χ1v) is 5.11. The Morgan fingerprint density at radius 2 is 2.50 bits per heavy atom. The van der Waals surface area contributed by atoms with Crippen LogP contribution >= 0.6 is 12.4 Å². The third-order valence-electron chi connectivity index (χ3n) is 2.70. The standard InChI is InChI=1S/C10H17N3.ClH/c1-2-3-8-6-10(8)11-7-9-4-5-12-13-9;/h4-5,8,10-11H,2-3,6-7H2,1H3,(H,12,13);1H. The molecule has 0 radical (unpaired) electrons. The molecule has 80 valence electrons. The van der Waals surface area contributed by atoms with Gasteiger partial charge < -0.3 is 5.32 Å². The fourth-order valence-electron chi connectivity index (χ4n) is 1.81. The summed E-state index contributed by atoms with van der Waals surface area (Å²) in [6.07, 6.45) is 5.85. The predicted molar refractivity (Wildman–Crippen MR) is 59.5 cm³/mol. The van der Waals surface area contributed by atoms with Gasteiger partial charge in [0.25, 0.3) is 0 Å². The normalized spacial score (nSPS) is 24.4. The fraction of sp³-hybridized carbons (Fsp3) is 0.700. The number of H-pyrrole nitrogens is 1. The van der Waals surface area contributed by atoms with Gasteiger partial charge in [0.05, 0.1) is 0 Å². The van der Waals surface area contributed by atoms with Gasteiger partial charge in [-0.1, -0.05) is 13.3 Å². The average Bonchev–Trinajstić information content (AvgIpc) is 2.66. The highest BCUT2D eigenvalue weighted by Gasteiger charge is 2.35. The molecule has 2 atom stereocenters. The van der Waals surface area contributed by atoms with Gasteiger partial charge in [-0.05, 0) is 24.8 Å². The molecule has 4 heteroatoms. The summed E-state index contributed by atoms with van der Waals surface area (Å²) in [6, 6.07) is 2.78. The van der Waals surface area contributed by atoms with Crippen LogP contribution in [0.1, 0.15) is 31.9 Å². The fourth-order valence-corrected chi connectivity index (χ4v) is 1.81.